The summed E-state index contributed by atoms with van der Waals surface area (Å²) in [5.74, 6) is 2.36. The molecule has 0 aromatic heterocycles. The number of hydrogen-bond donors (Lipinski definition) is 0. The van der Waals surface area contributed by atoms with E-state index in [1.807, 2.05) is 0 Å². The van der Waals surface area contributed by atoms with E-state index in [1.165, 1.54) is 12.8 Å². The Bertz CT molecular complexity index is 240. The minimum atomic E-state index is -2.11. The smallest absolute Gasteiger partial charge is 0.247 e. The molecule has 2 nitrogen and oxygen atoms in total. The fraction of sp³-hybridized carbons (Fsp3) is 1.00. The zero-order valence-electron chi connectivity index (χ0n) is 13.2. The first kappa shape index (κ1) is 19.9. The molecule has 0 unspecified atom stereocenters. The summed E-state index contributed by atoms with van der Waals surface area (Å²) in [5.41, 5.74) is -2.11. The molecule has 0 fully saturated rings. The number of hydrogen-bond acceptors (Lipinski definition) is 4. The minimum Gasteiger partial charge on any atom is -0.322 e. The van der Waals surface area contributed by atoms with E-state index in [0.717, 1.165) is 31.8 Å². The summed E-state index contributed by atoms with van der Waals surface area (Å²) in [5, 5.41) is 0. The summed E-state index contributed by atoms with van der Waals surface area (Å²) in [4.78, 5) is 0. The lowest BCUT2D eigenvalue weighted by atomic mass is 10.2. The molecule has 0 amide bonds. The standard InChI is InChI=1S/C14H31O2PS2/c1-6-7-12-19-17(18,15-10-8-13(2)3)16-11-9-14(4)5/h13-14H,6-12H2,1-5H3. The van der Waals surface area contributed by atoms with Crippen LogP contribution >= 0.6 is 17.1 Å². The molecule has 116 valence electrons. The van der Waals surface area contributed by atoms with Gasteiger partial charge < -0.3 is 9.05 Å². The molecule has 0 N–H and O–H groups in total. The second-order valence-electron chi connectivity index (χ2n) is 5.67. The summed E-state index contributed by atoms with van der Waals surface area (Å²) < 4.78 is 11.9. The average Bonchev–Trinajstić information content (AvgIpc) is 2.28. The van der Waals surface area contributed by atoms with Crippen molar-refractivity contribution in [2.24, 2.45) is 11.8 Å². The van der Waals surface area contributed by atoms with Gasteiger partial charge in [-0.05, 0) is 42.9 Å². The predicted octanol–water partition coefficient (Wildman–Crippen LogP) is 5.87. The average molecular weight is 327 g/mol. The van der Waals surface area contributed by atoms with Crippen LogP contribution in [0.2, 0.25) is 0 Å². The van der Waals surface area contributed by atoms with Crippen molar-refractivity contribution in [2.75, 3.05) is 19.0 Å². The Morgan fingerprint density at radius 2 is 1.47 bits per heavy atom. The van der Waals surface area contributed by atoms with E-state index < -0.39 is 5.69 Å². The predicted molar refractivity (Wildman–Crippen MR) is 92.5 cm³/mol. The van der Waals surface area contributed by atoms with E-state index in [0.29, 0.717) is 11.8 Å². The molecule has 0 rings (SSSR count). The van der Waals surface area contributed by atoms with Crippen LogP contribution in [0.1, 0.15) is 60.3 Å². The SMILES string of the molecule is CCCCSP(=S)(OCCC(C)C)OCCC(C)C. The summed E-state index contributed by atoms with van der Waals surface area (Å²) >= 11 is 7.38. The molecule has 0 saturated carbocycles. The fourth-order valence-corrected chi connectivity index (χ4v) is 5.83. The zero-order valence-corrected chi connectivity index (χ0v) is 15.7. The summed E-state index contributed by atoms with van der Waals surface area (Å²) in [7, 11) is 0. The Hall–Kier alpha value is 0.920. The monoisotopic (exact) mass is 326 g/mol. The molecule has 0 aliphatic heterocycles. The summed E-state index contributed by atoms with van der Waals surface area (Å²) in [6.07, 6.45) is 4.49. The third kappa shape index (κ3) is 12.4. The van der Waals surface area contributed by atoms with E-state index in [1.54, 1.807) is 11.4 Å². The van der Waals surface area contributed by atoms with Crippen LogP contribution in [0.3, 0.4) is 0 Å². The molecule has 0 aliphatic carbocycles. The topological polar surface area (TPSA) is 18.5 Å². The highest BCUT2D eigenvalue weighted by Crippen LogP contribution is 2.61. The molecule has 5 heteroatoms. The third-order valence-corrected chi connectivity index (χ3v) is 8.13. The summed E-state index contributed by atoms with van der Waals surface area (Å²) in [6.45, 7) is 12.5. The van der Waals surface area contributed by atoms with Gasteiger partial charge in [0.1, 0.15) is 0 Å². The van der Waals surface area contributed by atoms with Gasteiger partial charge in [0, 0.05) is 5.75 Å². The Kier molecular flexibility index (Phi) is 12.1. The molecule has 0 spiro atoms. The van der Waals surface area contributed by atoms with Gasteiger partial charge in [-0.15, -0.1) is 0 Å². The van der Waals surface area contributed by atoms with Crippen LogP contribution in [0.4, 0.5) is 0 Å². The first-order valence-corrected chi connectivity index (χ1v) is 11.7. The zero-order chi connectivity index (χ0) is 14.7. The maximum Gasteiger partial charge on any atom is 0.247 e. The molecule has 0 aromatic rings. The first-order chi connectivity index (χ1) is 8.89. The van der Waals surface area contributed by atoms with Gasteiger partial charge in [0.25, 0.3) is 0 Å². The summed E-state index contributed by atoms with van der Waals surface area (Å²) in [6, 6.07) is 0. The van der Waals surface area contributed by atoms with Crippen LogP contribution in [0.15, 0.2) is 0 Å². The number of unbranched alkanes of at least 4 members (excludes halogenated alkanes) is 1. The molecule has 0 bridgehead atoms. The van der Waals surface area contributed by atoms with Gasteiger partial charge in [-0.2, -0.15) is 0 Å². The Labute approximate surface area is 129 Å². The van der Waals surface area contributed by atoms with Crippen molar-refractivity contribution in [2.45, 2.75) is 60.3 Å². The van der Waals surface area contributed by atoms with E-state index in [9.17, 15) is 0 Å². The maximum atomic E-state index is 5.94. The maximum absolute atomic E-state index is 5.94. The number of rotatable bonds is 12. The Balaban J connectivity index is 4.15. The van der Waals surface area contributed by atoms with Gasteiger partial charge >= 0.3 is 0 Å². The molecule has 0 heterocycles. The van der Waals surface area contributed by atoms with Gasteiger partial charge in [-0.1, -0.05) is 52.4 Å². The first-order valence-electron chi connectivity index (χ1n) is 7.43. The van der Waals surface area contributed by atoms with E-state index in [2.05, 4.69) is 34.6 Å². The van der Waals surface area contributed by atoms with E-state index in [-0.39, 0.29) is 0 Å². The Morgan fingerprint density at radius 1 is 1.00 bits per heavy atom. The lowest BCUT2D eigenvalue weighted by Gasteiger charge is -2.22. The second-order valence-corrected chi connectivity index (χ2v) is 12.1. The van der Waals surface area contributed by atoms with Crippen LogP contribution < -0.4 is 0 Å². The van der Waals surface area contributed by atoms with E-state index in [4.69, 9.17) is 20.9 Å². The van der Waals surface area contributed by atoms with Gasteiger partial charge in [0.2, 0.25) is 5.69 Å². The lowest BCUT2D eigenvalue weighted by Crippen LogP contribution is -2.02. The van der Waals surface area contributed by atoms with Crippen molar-refractivity contribution in [3.05, 3.63) is 0 Å². The molecular formula is C14H31O2PS2. The van der Waals surface area contributed by atoms with Crippen molar-refractivity contribution in [1.82, 2.24) is 0 Å². The van der Waals surface area contributed by atoms with Crippen molar-refractivity contribution in [3.8, 4) is 0 Å². The van der Waals surface area contributed by atoms with Crippen molar-refractivity contribution >= 4 is 28.9 Å². The van der Waals surface area contributed by atoms with Gasteiger partial charge in [0.15, 0.2) is 0 Å². The minimum absolute atomic E-state index is 0.653. The van der Waals surface area contributed by atoms with Crippen molar-refractivity contribution in [3.63, 3.8) is 0 Å². The van der Waals surface area contributed by atoms with Crippen molar-refractivity contribution in [1.29, 1.82) is 0 Å². The van der Waals surface area contributed by atoms with Crippen molar-refractivity contribution < 1.29 is 9.05 Å². The fourth-order valence-electron chi connectivity index (χ4n) is 1.23. The Morgan fingerprint density at radius 3 is 1.84 bits per heavy atom. The normalized spacial score (nSPS) is 12.6. The molecular weight excluding hydrogens is 295 g/mol. The van der Waals surface area contributed by atoms with Crippen LogP contribution in [0.5, 0.6) is 0 Å². The highest BCUT2D eigenvalue weighted by Gasteiger charge is 2.20. The lowest BCUT2D eigenvalue weighted by molar-refractivity contribution is 0.237. The molecule has 19 heavy (non-hydrogen) atoms. The highest BCUT2D eigenvalue weighted by atomic mass is 32.9. The van der Waals surface area contributed by atoms with Crippen LogP contribution in [-0.2, 0) is 20.9 Å². The van der Waals surface area contributed by atoms with E-state index >= 15 is 0 Å². The molecule has 0 radical (unpaired) electrons. The van der Waals surface area contributed by atoms with Crippen LogP contribution in [0.25, 0.3) is 0 Å². The molecule has 0 atom stereocenters. The highest BCUT2D eigenvalue weighted by molar-refractivity contribution is 8.67. The second kappa shape index (κ2) is 11.6. The third-order valence-electron chi connectivity index (χ3n) is 2.64. The van der Waals surface area contributed by atoms with Gasteiger partial charge in [-0.3, -0.25) is 0 Å². The largest absolute Gasteiger partial charge is 0.322 e. The van der Waals surface area contributed by atoms with Crippen LogP contribution in [-0.4, -0.2) is 19.0 Å². The molecule has 0 aliphatic rings. The molecule has 0 aromatic carbocycles. The van der Waals surface area contributed by atoms with Gasteiger partial charge in [0.05, 0.1) is 13.2 Å². The molecule has 0 saturated heterocycles. The van der Waals surface area contributed by atoms with Gasteiger partial charge in [-0.25, -0.2) is 0 Å². The van der Waals surface area contributed by atoms with Crippen LogP contribution in [0, 0.1) is 11.8 Å². The quantitative estimate of drug-likeness (QED) is 0.330.